The second kappa shape index (κ2) is 14.0. The van der Waals surface area contributed by atoms with Crippen molar-refractivity contribution in [1.82, 2.24) is 9.80 Å². The Morgan fingerprint density at radius 2 is 1.39 bits per heavy atom. The highest BCUT2D eigenvalue weighted by atomic mass is 16.5. The number of carboxylic acids is 2. The van der Waals surface area contributed by atoms with Crippen molar-refractivity contribution in [2.75, 3.05) is 39.3 Å². The van der Waals surface area contributed by atoms with Crippen LogP contribution in [0.2, 0.25) is 0 Å². The standard InChI is InChI=1S/C23H30N2O2.C2H2O4/c1-20(26)7-8-21-9-11-23(12-10-21)27-18-17-24-13-15-25(16-14-24)19-22-5-3-2-4-6-22;3-1(4)2(5)6/h2-6,9-12H,7-8,13-19H2,1H3;(H,3,4)(H,5,6). The molecule has 2 aromatic rings. The van der Waals surface area contributed by atoms with Crippen molar-refractivity contribution >= 4 is 17.7 Å². The van der Waals surface area contributed by atoms with Crippen molar-refractivity contribution in [3.05, 3.63) is 65.7 Å². The van der Waals surface area contributed by atoms with E-state index in [1.165, 1.54) is 11.1 Å². The van der Waals surface area contributed by atoms with Crippen LogP contribution in [-0.2, 0) is 27.3 Å². The fourth-order valence-electron chi connectivity index (χ4n) is 3.38. The maximum Gasteiger partial charge on any atom is 0.414 e. The molecule has 178 valence electrons. The van der Waals surface area contributed by atoms with Crippen LogP contribution in [0.4, 0.5) is 0 Å². The van der Waals surface area contributed by atoms with Gasteiger partial charge >= 0.3 is 11.9 Å². The van der Waals surface area contributed by atoms with E-state index >= 15 is 0 Å². The Hall–Kier alpha value is -3.23. The minimum atomic E-state index is -1.82. The number of rotatable bonds is 9. The molecule has 0 radical (unpaired) electrons. The van der Waals surface area contributed by atoms with Crippen molar-refractivity contribution in [3.63, 3.8) is 0 Å². The quantitative estimate of drug-likeness (QED) is 0.555. The van der Waals surface area contributed by atoms with Gasteiger partial charge in [0.1, 0.15) is 18.1 Å². The van der Waals surface area contributed by atoms with E-state index in [0.29, 0.717) is 13.0 Å². The number of ketones is 1. The molecule has 2 aromatic carbocycles. The average Bonchev–Trinajstić information content (AvgIpc) is 2.81. The number of carbonyl (C=O) groups excluding carboxylic acids is 1. The lowest BCUT2D eigenvalue weighted by Gasteiger charge is -2.34. The first kappa shape index (κ1) is 26.0. The van der Waals surface area contributed by atoms with Crippen LogP contribution in [0.25, 0.3) is 0 Å². The first-order chi connectivity index (χ1) is 15.8. The van der Waals surface area contributed by atoms with E-state index in [-0.39, 0.29) is 5.78 Å². The molecule has 0 amide bonds. The molecule has 0 bridgehead atoms. The molecule has 2 N–H and O–H groups in total. The van der Waals surface area contributed by atoms with Gasteiger partial charge in [0.25, 0.3) is 0 Å². The van der Waals surface area contributed by atoms with E-state index in [1.54, 1.807) is 6.92 Å². The van der Waals surface area contributed by atoms with Gasteiger partial charge in [-0.2, -0.15) is 0 Å². The van der Waals surface area contributed by atoms with Crippen LogP contribution >= 0.6 is 0 Å². The predicted octanol–water partition coefficient (Wildman–Crippen LogP) is 2.56. The number of aliphatic carboxylic acids is 2. The number of carbonyl (C=O) groups is 3. The molecule has 1 aliphatic rings. The van der Waals surface area contributed by atoms with E-state index in [4.69, 9.17) is 24.5 Å². The monoisotopic (exact) mass is 456 g/mol. The Morgan fingerprint density at radius 3 is 1.94 bits per heavy atom. The van der Waals surface area contributed by atoms with Crippen molar-refractivity contribution in [3.8, 4) is 5.75 Å². The summed E-state index contributed by atoms with van der Waals surface area (Å²) >= 11 is 0. The Bertz CT molecular complexity index is 866. The highest BCUT2D eigenvalue weighted by Crippen LogP contribution is 2.14. The topological polar surface area (TPSA) is 107 Å². The second-order valence-corrected chi connectivity index (χ2v) is 7.91. The average molecular weight is 457 g/mol. The zero-order valence-electron chi connectivity index (χ0n) is 19.0. The Kier molecular flexibility index (Phi) is 11.1. The molecule has 1 heterocycles. The zero-order valence-corrected chi connectivity index (χ0v) is 19.0. The largest absolute Gasteiger partial charge is 0.492 e. The smallest absolute Gasteiger partial charge is 0.414 e. The number of carboxylic acid groups (broad SMARTS) is 2. The molecule has 0 aliphatic carbocycles. The van der Waals surface area contributed by atoms with Crippen LogP contribution < -0.4 is 4.74 Å². The molecule has 1 saturated heterocycles. The van der Waals surface area contributed by atoms with E-state index in [1.807, 2.05) is 12.1 Å². The lowest BCUT2D eigenvalue weighted by Crippen LogP contribution is -2.47. The summed E-state index contributed by atoms with van der Waals surface area (Å²) < 4.78 is 5.89. The lowest BCUT2D eigenvalue weighted by molar-refractivity contribution is -0.159. The summed E-state index contributed by atoms with van der Waals surface area (Å²) in [5.74, 6) is -2.51. The predicted molar refractivity (Wildman–Crippen MR) is 124 cm³/mol. The van der Waals surface area contributed by atoms with Gasteiger partial charge in [0, 0.05) is 45.7 Å². The molecule has 3 rings (SSSR count). The number of hydrogen-bond acceptors (Lipinski definition) is 6. The third-order valence-corrected chi connectivity index (χ3v) is 5.26. The molecule has 0 saturated carbocycles. The maximum absolute atomic E-state index is 11.1. The number of hydrogen-bond donors (Lipinski definition) is 2. The van der Waals surface area contributed by atoms with Crippen molar-refractivity contribution in [2.45, 2.75) is 26.3 Å². The summed E-state index contributed by atoms with van der Waals surface area (Å²) in [6.07, 6.45) is 1.42. The fourth-order valence-corrected chi connectivity index (χ4v) is 3.38. The van der Waals surface area contributed by atoms with Gasteiger partial charge < -0.3 is 19.7 Å². The molecule has 1 fully saturated rings. The molecule has 0 unspecified atom stereocenters. The van der Waals surface area contributed by atoms with E-state index < -0.39 is 11.9 Å². The second-order valence-electron chi connectivity index (χ2n) is 7.91. The van der Waals surface area contributed by atoms with Gasteiger partial charge in [0.2, 0.25) is 0 Å². The molecule has 1 aliphatic heterocycles. The van der Waals surface area contributed by atoms with Crippen molar-refractivity contribution in [2.24, 2.45) is 0 Å². The van der Waals surface area contributed by atoms with E-state index in [0.717, 1.165) is 51.4 Å². The molecule has 8 nitrogen and oxygen atoms in total. The van der Waals surface area contributed by atoms with Gasteiger partial charge in [-0.3, -0.25) is 9.80 Å². The molecule has 0 aromatic heterocycles. The number of ether oxygens (including phenoxy) is 1. The molecule has 0 atom stereocenters. The summed E-state index contributed by atoms with van der Waals surface area (Å²) in [6.45, 7) is 8.77. The number of aryl methyl sites for hydroxylation is 1. The summed E-state index contributed by atoms with van der Waals surface area (Å²) in [7, 11) is 0. The number of nitrogens with zero attached hydrogens (tertiary/aromatic N) is 2. The van der Waals surface area contributed by atoms with Gasteiger partial charge in [-0.05, 0) is 36.6 Å². The zero-order chi connectivity index (χ0) is 24.1. The summed E-state index contributed by atoms with van der Waals surface area (Å²) in [5.41, 5.74) is 2.58. The maximum atomic E-state index is 11.1. The van der Waals surface area contributed by atoms with E-state index in [9.17, 15) is 4.79 Å². The molecule has 33 heavy (non-hydrogen) atoms. The van der Waals surface area contributed by atoms with Crippen LogP contribution in [0.3, 0.4) is 0 Å². The van der Waals surface area contributed by atoms with Crippen molar-refractivity contribution in [1.29, 1.82) is 0 Å². The third kappa shape index (κ3) is 10.8. The first-order valence-electron chi connectivity index (χ1n) is 11.0. The van der Waals surface area contributed by atoms with Crippen LogP contribution in [0.15, 0.2) is 54.6 Å². The van der Waals surface area contributed by atoms with Gasteiger partial charge in [0.05, 0.1) is 0 Å². The normalized spacial score (nSPS) is 14.1. The number of piperazine rings is 1. The van der Waals surface area contributed by atoms with Gasteiger partial charge in [-0.25, -0.2) is 9.59 Å². The minimum Gasteiger partial charge on any atom is -0.492 e. The lowest BCUT2D eigenvalue weighted by atomic mass is 10.1. The number of Topliss-reactive ketones (excluding diaryl/α,β-unsaturated/α-hetero) is 1. The highest BCUT2D eigenvalue weighted by molar-refractivity contribution is 6.27. The Morgan fingerprint density at radius 1 is 0.818 bits per heavy atom. The Balaban J connectivity index is 0.000000569. The van der Waals surface area contributed by atoms with Gasteiger partial charge in [-0.1, -0.05) is 42.5 Å². The molecule has 8 heteroatoms. The summed E-state index contributed by atoms with van der Waals surface area (Å²) in [5, 5.41) is 14.8. The van der Waals surface area contributed by atoms with Crippen molar-refractivity contribution < 1.29 is 29.3 Å². The minimum absolute atomic E-state index is 0.235. The van der Waals surface area contributed by atoms with Crippen LogP contribution in [0.5, 0.6) is 5.75 Å². The van der Waals surface area contributed by atoms with Gasteiger partial charge in [0.15, 0.2) is 0 Å². The van der Waals surface area contributed by atoms with Crippen LogP contribution in [0.1, 0.15) is 24.5 Å². The third-order valence-electron chi connectivity index (χ3n) is 5.26. The van der Waals surface area contributed by atoms with Crippen LogP contribution in [0, 0.1) is 0 Å². The van der Waals surface area contributed by atoms with Gasteiger partial charge in [-0.15, -0.1) is 0 Å². The number of benzene rings is 2. The first-order valence-corrected chi connectivity index (χ1v) is 11.0. The van der Waals surface area contributed by atoms with Crippen LogP contribution in [-0.4, -0.2) is 77.1 Å². The highest BCUT2D eigenvalue weighted by Gasteiger charge is 2.16. The molecule has 0 spiro atoms. The summed E-state index contributed by atoms with van der Waals surface area (Å²) in [4.78, 5) is 34.2. The summed E-state index contributed by atoms with van der Waals surface area (Å²) in [6, 6.07) is 18.8. The molecular formula is C25H32N2O6. The van der Waals surface area contributed by atoms with E-state index in [2.05, 4.69) is 52.3 Å². The fraction of sp³-hybridized carbons (Fsp3) is 0.400. The SMILES string of the molecule is CC(=O)CCc1ccc(OCCN2CCN(Cc3ccccc3)CC2)cc1.O=C(O)C(=O)O. The molecular weight excluding hydrogens is 424 g/mol. The Labute approximate surface area is 194 Å².